The van der Waals surface area contributed by atoms with E-state index in [1.54, 1.807) is 23.6 Å². The second kappa shape index (κ2) is 4.68. The Bertz CT molecular complexity index is 502. The Hall–Kier alpha value is -2.00. The maximum absolute atomic E-state index is 8.89. The minimum atomic E-state index is 0.0174. The number of hydrogen-bond donors (Lipinski definition) is 1. The van der Waals surface area contributed by atoms with Crippen molar-refractivity contribution in [1.29, 1.82) is 5.26 Å². The maximum atomic E-state index is 8.89. The lowest BCUT2D eigenvalue weighted by atomic mass is 10.3. The van der Waals surface area contributed by atoms with Crippen molar-refractivity contribution in [3.05, 3.63) is 34.4 Å². The second-order valence-corrected chi connectivity index (χ2v) is 4.07. The molecule has 0 bridgehead atoms. The van der Waals surface area contributed by atoms with Crippen molar-refractivity contribution in [3.63, 3.8) is 0 Å². The van der Waals surface area contributed by atoms with Gasteiger partial charge in [0.2, 0.25) is 0 Å². The fraction of sp³-hybridized carbons (Fsp3) is 0.200. The van der Waals surface area contributed by atoms with Crippen LogP contribution in [0.4, 0.5) is 5.82 Å². The van der Waals surface area contributed by atoms with E-state index in [-0.39, 0.29) is 6.04 Å². The molecule has 2 aromatic heterocycles. The lowest BCUT2D eigenvalue weighted by Gasteiger charge is -2.11. The minimum Gasteiger partial charge on any atom is -0.359 e. The molecule has 0 aliphatic carbocycles. The first-order valence-electron chi connectivity index (χ1n) is 4.69. The summed E-state index contributed by atoms with van der Waals surface area (Å²) in [6.07, 6.45) is 3.25. The summed E-state index contributed by atoms with van der Waals surface area (Å²) in [5.41, 5.74) is 0.485. The summed E-state index contributed by atoms with van der Waals surface area (Å²) in [6.45, 7) is 1.97. The van der Waals surface area contributed by atoms with Crippen LogP contribution in [0.3, 0.4) is 0 Å². The van der Waals surface area contributed by atoms with Crippen LogP contribution in [-0.2, 0) is 0 Å². The standard InChI is InChI=1S/C10H9N5S/c1-7(10-12-4-5-16-10)14-9-8(6-11)2-3-13-15-9/h2-5,7H,1H3,(H,14,15). The van der Waals surface area contributed by atoms with Crippen LogP contribution in [0.5, 0.6) is 0 Å². The van der Waals surface area contributed by atoms with Gasteiger partial charge in [0.15, 0.2) is 5.82 Å². The zero-order chi connectivity index (χ0) is 11.4. The molecule has 0 radical (unpaired) electrons. The van der Waals surface area contributed by atoms with E-state index in [0.29, 0.717) is 11.4 Å². The molecule has 0 saturated heterocycles. The van der Waals surface area contributed by atoms with Crippen LogP contribution in [0, 0.1) is 11.3 Å². The van der Waals surface area contributed by atoms with Crippen molar-refractivity contribution >= 4 is 17.2 Å². The molecule has 0 fully saturated rings. The fourth-order valence-electron chi connectivity index (χ4n) is 1.24. The quantitative estimate of drug-likeness (QED) is 0.874. The summed E-state index contributed by atoms with van der Waals surface area (Å²) in [7, 11) is 0. The molecule has 2 aromatic rings. The number of anilines is 1. The van der Waals surface area contributed by atoms with Crippen LogP contribution in [0.15, 0.2) is 23.8 Å². The monoisotopic (exact) mass is 231 g/mol. The van der Waals surface area contributed by atoms with E-state index in [4.69, 9.17) is 5.26 Å². The smallest absolute Gasteiger partial charge is 0.167 e. The molecule has 1 atom stereocenters. The van der Waals surface area contributed by atoms with Gasteiger partial charge in [-0.25, -0.2) is 4.98 Å². The second-order valence-electron chi connectivity index (χ2n) is 3.14. The summed E-state index contributed by atoms with van der Waals surface area (Å²) in [5.74, 6) is 0.493. The molecule has 0 aliphatic rings. The van der Waals surface area contributed by atoms with E-state index in [1.807, 2.05) is 12.3 Å². The van der Waals surface area contributed by atoms with Gasteiger partial charge in [-0.1, -0.05) is 0 Å². The van der Waals surface area contributed by atoms with Gasteiger partial charge in [-0.2, -0.15) is 10.4 Å². The molecule has 2 rings (SSSR count). The minimum absolute atomic E-state index is 0.0174. The van der Waals surface area contributed by atoms with Gasteiger partial charge in [0.05, 0.1) is 17.8 Å². The normalized spacial score (nSPS) is 11.8. The zero-order valence-electron chi connectivity index (χ0n) is 8.58. The van der Waals surface area contributed by atoms with Gasteiger partial charge in [0.1, 0.15) is 11.1 Å². The van der Waals surface area contributed by atoms with E-state index in [2.05, 4.69) is 26.6 Å². The van der Waals surface area contributed by atoms with Crippen LogP contribution in [0.1, 0.15) is 23.5 Å². The first-order chi connectivity index (χ1) is 7.81. The lowest BCUT2D eigenvalue weighted by molar-refractivity contribution is 0.847. The van der Waals surface area contributed by atoms with Gasteiger partial charge >= 0.3 is 0 Å². The van der Waals surface area contributed by atoms with Crippen molar-refractivity contribution in [2.24, 2.45) is 0 Å². The van der Waals surface area contributed by atoms with Crippen molar-refractivity contribution in [2.45, 2.75) is 13.0 Å². The molecule has 0 aliphatic heterocycles. The first kappa shape index (κ1) is 10.5. The number of thiazole rings is 1. The Kier molecular flexibility index (Phi) is 3.08. The molecular weight excluding hydrogens is 222 g/mol. The summed E-state index contributed by atoms with van der Waals surface area (Å²) in [4.78, 5) is 4.19. The molecule has 2 heterocycles. The molecule has 0 aromatic carbocycles. The third kappa shape index (κ3) is 2.15. The van der Waals surface area contributed by atoms with Crippen molar-refractivity contribution in [1.82, 2.24) is 15.2 Å². The van der Waals surface area contributed by atoms with Gasteiger partial charge in [-0.05, 0) is 13.0 Å². The molecule has 5 nitrogen and oxygen atoms in total. The molecule has 1 N–H and O–H groups in total. The van der Waals surface area contributed by atoms with Crippen molar-refractivity contribution in [3.8, 4) is 6.07 Å². The molecule has 0 amide bonds. The predicted molar refractivity (Wildman–Crippen MR) is 60.9 cm³/mol. The molecule has 80 valence electrons. The number of nitriles is 1. The van der Waals surface area contributed by atoms with E-state index in [9.17, 15) is 0 Å². The van der Waals surface area contributed by atoms with Crippen LogP contribution < -0.4 is 5.32 Å². The zero-order valence-corrected chi connectivity index (χ0v) is 9.40. The highest BCUT2D eigenvalue weighted by Gasteiger charge is 2.11. The Balaban J connectivity index is 2.19. The van der Waals surface area contributed by atoms with Crippen LogP contribution in [0.25, 0.3) is 0 Å². The van der Waals surface area contributed by atoms with E-state index in [1.165, 1.54) is 6.20 Å². The Morgan fingerprint density at radius 2 is 2.38 bits per heavy atom. The molecule has 1 unspecified atom stereocenters. The highest BCUT2D eigenvalue weighted by atomic mass is 32.1. The number of nitrogens with zero attached hydrogens (tertiary/aromatic N) is 4. The highest BCUT2D eigenvalue weighted by Crippen LogP contribution is 2.20. The third-order valence-electron chi connectivity index (χ3n) is 2.02. The molecular formula is C10H9N5S. The highest BCUT2D eigenvalue weighted by molar-refractivity contribution is 7.09. The molecule has 6 heteroatoms. The van der Waals surface area contributed by atoms with E-state index < -0.39 is 0 Å². The molecule has 0 saturated carbocycles. The first-order valence-corrected chi connectivity index (χ1v) is 5.57. The average molecular weight is 231 g/mol. The average Bonchev–Trinajstić information content (AvgIpc) is 2.83. The van der Waals surface area contributed by atoms with Gasteiger partial charge in [0.25, 0.3) is 0 Å². The SMILES string of the molecule is CC(Nc1nnccc1C#N)c1nccs1. The van der Waals surface area contributed by atoms with Gasteiger partial charge in [0, 0.05) is 11.6 Å². The third-order valence-corrected chi connectivity index (χ3v) is 2.97. The van der Waals surface area contributed by atoms with Gasteiger partial charge in [-0.15, -0.1) is 16.4 Å². The Labute approximate surface area is 96.8 Å². The van der Waals surface area contributed by atoms with Gasteiger partial charge < -0.3 is 5.32 Å². The van der Waals surface area contributed by atoms with E-state index >= 15 is 0 Å². The maximum Gasteiger partial charge on any atom is 0.167 e. The number of nitrogens with one attached hydrogen (secondary N) is 1. The number of hydrogen-bond acceptors (Lipinski definition) is 6. The van der Waals surface area contributed by atoms with Crippen LogP contribution in [0.2, 0.25) is 0 Å². The number of rotatable bonds is 3. The van der Waals surface area contributed by atoms with Crippen molar-refractivity contribution < 1.29 is 0 Å². The van der Waals surface area contributed by atoms with Gasteiger partial charge in [-0.3, -0.25) is 0 Å². The molecule has 0 spiro atoms. The Morgan fingerprint density at radius 3 is 3.06 bits per heavy atom. The van der Waals surface area contributed by atoms with Crippen LogP contribution in [-0.4, -0.2) is 15.2 Å². The van der Waals surface area contributed by atoms with Crippen molar-refractivity contribution in [2.75, 3.05) is 5.32 Å². The summed E-state index contributed by atoms with van der Waals surface area (Å²) in [6, 6.07) is 3.71. The Morgan fingerprint density at radius 1 is 1.50 bits per heavy atom. The summed E-state index contributed by atoms with van der Waals surface area (Å²) < 4.78 is 0. The lowest BCUT2D eigenvalue weighted by Crippen LogP contribution is -2.09. The number of aromatic nitrogens is 3. The topological polar surface area (TPSA) is 74.5 Å². The predicted octanol–water partition coefficient (Wildman–Crippen LogP) is 1.98. The molecule has 16 heavy (non-hydrogen) atoms. The summed E-state index contributed by atoms with van der Waals surface area (Å²) in [5, 5.41) is 22.5. The largest absolute Gasteiger partial charge is 0.359 e. The summed E-state index contributed by atoms with van der Waals surface area (Å²) >= 11 is 1.56. The fourth-order valence-corrected chi connectivity index (χ4v) is 1.89. The van der Waals surface area contributed by atoms with Crippen LogP contribution >= 0.6 is 11.3 Å². The van der Waals surface area contributed by atoms with E-state index in [0.717, 1.165) is 5.01 Å².